The van der Waals surface area contributed by atoms with Crippen LogP contribution in [-0.4, -0.2) is 35.2 Å². The highest BCUT2D eigenvalue weighted by Crippen LogP contribution is 2.05. The second kappa shape index (κ2) is 5.00. The minimum absolute atomic E-state index is 0.234. The molecule has 0 amide bonds. The Labute approximate surface area is 68.0 Å². The Morgan fingerprint density at radius 3 is 2.33 bits per heavy atom. The summed E-state index contributed by atoms with van der Waals surface area (Å²) >= 11 is 0. The summed E-state index contributed by atoms with van der Waals surface area (Å²) in [6, 6.07) is 0. The summed E-state index contributed by atoms with van der Waals surface area (Å²) in [7, 11) is 0. The lowest BCUT2D eigenvalue weighted by atomic mass is 10.4. The summed E-state index contributed by atoms with van der Waals surface area (Å²) in [6.45, 7) is 3.73. The molecule has 2 N–H and O–H groups in total. The van der Waals surface area contributed by atoms with E-state index in [9.17, 15) is 4.79 Å². The lowest BCUT2D eigenvalue weighted by Gasteiger charge is -1.92. The lowest BCUT2D eigenvalue weighted by molar-refractivity contribution is 0.125. The third-order valence-corrected chi connectivity index (χ3v) is 0.876. The second-order valence-electron chi connectivity index (χ2n) is 1.74. The van der Waals surface area contributed by atoms with E-state index in [-0.39, 0.29) is 6.10 Å². The maximum atomic E-state index is 10.1. The fourth-order valence-corrected chi connectivity index (χ4v) is 0.458. The fourth-order valence-electron chi connectivity index (χ4n) is 0.458. The normalized spacial score (nSPS) is 19.7. The summed E-state index contributed by atoms with van der Waals surface area (Å²) in [5.41, 5.74) is 0. The standard InChI is InChI=1S/C5H6O3.CH2O3/c1-2-4-3-7-5(6)8-4;2-1(3)4/h2,4H,1,3H2;(H2,2,3,4). The van der Waals surface area contributed by atoms with Crippen LogP contribution in [0, 0.1) is 0 Å². The number of ether oxygens (including phenoxy) is 2. The Bertz CT molecular complexity index is 182. The quantitative estimate of drug-likeness (QED) is 0.456. The van der Waals surface area contributed by atoms with E-state index in [0.29, 0.717) is 6.61 Å². The van der Waals surface area contributed by atoms with Crippen molar-refractivity contribution in [3.63, 3.8) is 0 Å². The molecular formula is C6H8O6. The highest BCUT2D eigenvalue weighted by molar-refractivity contribution is 5.62. The number of rotatable bonds is 1. The first kappa shape index (κ1) is 10.3. The predicted molar refractivity (Wildman–Crippen MR) is 37.1 cm³/mol. The van der Waals surface area contributed by atoms with Gasteiger partial charge in [0.2, 0.25) is 0 Å². The van der Waals surface area contributed by atoms with Gasteiger partial charge in [0, 0.05) is 0 Å². The molecule has 1 heterocycles. The maximum Gasteiger partial charge on any atom is 0.509 e. The molecule has 0 aliphatic carbocycles. The van der Waals surface area contributed by atoms with Crippen molar-refractivity contribution in [2.24, 2.45) is 0 Å². The molecule has 68 valence electrons. The predicted octanol–water partition coefficient (Wildman–Crippen LogP) is 0.930. The van der Waals surface area contributed by atoms with E-state index in [1.54, 1.807) is 0 Å². The van der Waals surface area contributed by atoms with E-state index in [0.717, 1.165) is 0 Å². The zero-order valence-corrected chi connectivity index (χ0v) is 6.10. The molecule has 0 aromatic carbocycles. The van der Waals surface area contributed by atoms with Crippen LogP contribution < -0.4 is 0 Å². The minimum atomic E-state index is -1.83. The third-order valence-electron chi connectivity index (χ3n) is 0.876. The molecule has 0 spiro atoms. The van der Waals surface area contributed by atoms with Gasteiger partial charge in [-0.25, -0.2) is 9.59 Å². The highest BCUT2D eigenvalue weighted by atomic mass is 16.8. The van der Waals surface area contributed by atoms with Crippen LogP contribution in [0.1, 0.15) is 0 Å². The van der Waals surface area contributed by atoms with Gasteiger partial charge in [0.15, 0.2) is 6.10 Å². The van der Waals surface area contributed by atoms with Crippen LogP contribution in [0.4, 0.5) is 9.59 Å². The summed E-state index contributed by atoms with van der Waals surface area (Å²) < 4.78 is 8.96. The zero-order chi connectivity index (χ0) is 9.56. The Morgan fingerprint density at radius 1 is 1.67 bits per heavy atom. The Kier molecular flexibility index (Phi) is 4.28. The van der Waals surface area contributed by atoms with Gasteiger partial charge in [0.05, 0.1) is 0 Å². The van der Waals surface area contributed by atoms with E-state index in [1.807, 2.05) is 0 Å². The first-order valence-corrected chi connectivity index (χ1v) is 2.94. The average Bonchev–Trinajstić information content (AvgIpc) is 2.34. The number of hydrogen-bond donors (Lipinski definition) is 2. The topological polar surface area (TPSA) is 93.1 Å². The number of carbonyl (C=O) groups excluding carboxylic acids is 1. The van der Waals surface area contributed by atoms with Gasteiger partial charge >= 0.3 is 12.3 Å². The first-order chi connectivity index (χ1) is 5.56. The summed E-state index contributed by atoms with van der Waals surface area (Å²) in [6.07, 6.45) is -1.14. The SMILES string of the molecule is C=CC1COC(=O)O1.O=C(O)O. The van der Waals surface area contributed by atoms with Gasteiger partial charge in [0.1, 0.15) is 6.61 Å². The summed E-state index contributed by atoms with van der Waals surface area (Å²) in [5, 5.41) is 13.9. The molecule has 1 saturated heterocycles. The van der Waals surface area contributed by atoms with E-state index in [2.05, 4.69) is 16.1 Å². The van der Waals surface area contributed by atoms with Crippen LogP contribution >= 0.6 is 0 Å². The van der Waals surface area contributed by atoms with Crippen molar-refractivity contribution in [1.29, 1.82) is 0 Å². The number of carbonyl (C=O) groups is 2. The molecule has 0 aromatic heterocycles. The molecule has 1 atom stereocenters. The van der Waals surface area contributed by atoms with Crippen molar-refractivity contribution in [2.75, 3.05) is 6.61 Å². The Balaban J connectivity index is 0.000000261. The van der Waals surface area contributed by atoms with Crippen molar-refractivity contribution >= 4 is 12.3 Å². The van der Waals surface area contributed by atoms with Gasteiger partial charge in [-0.2, -0.15) is 0 Å². The van der Waals surface area contributed by atoms with Crippen LogP contribution in [0.3, 0.4) is 0 Å². The molecule has 0 aromatic rings. The zero-order valence-electron chi connectivity index (χ0n) is 6.10. The minimum Gasteiger partial charge on any atom is -0.450 e. The lowest BCUT2D eigenvalue weighted by Crippen LogP contribution is -2.03. The molecule has 1 rings (SSSR count). The maximum absolute atomic E-state index is 10.1. The Morgan fingerprint density at radius 2 is 2.17 bits per heavy atom. The summed E-state index contributed by atoms with van der Waals surface area (Å²) in [5.74, 6) is 0. The molecule has 1 aliphatic rings. The number of carboxylic acid groups (broad SMARTS) is 2. The largest absolute Gasteiger partial charge is 0.509 e. The average molecular weight is 176 g/mol. The molecular weight excluding hydrogens is 168 g/mol. The van der Waals surface area contributed by atoms with Gasteiger partial charge in [-0.1, -0.05) is 6.58 Å². The molecule has 12 heavy (non-hydrogen) atoms. The van der Waals surface area contributed by atoms with Gasteiger partial charge in [-0.05, 0) is 6.08 Å². The molecule has 0 radical (unpaired) electrons. The second-order valence-corrected chi connectivity index (χ2v) is 1.74. The first-order valence-electron chi connectivity index (χ1n) is 2.94. The van der Waals surface area contributed by atoms with Crippen LogP contribution in [0.15, 0.2) is 12.7 Å². The van der Waals surface area contributed by atoms with Crippen LogP contribution in [-0.2, 0) is 9.47 Å². The monoisotopic (exact) mass is 176 g/mol. The third kappa shape index (κ3) is 5.10. The fraction of sp³-hybridized carbons (Fsp3) is 0.333. The van der Waals surface area contributed by atoms with Gasteiger partial charge in [-0.15, -0.1) is 0 Å². The molecule has 6 nitrogen and oxygen atoms in total. The molecule has 1 fully saturated rings. The molecule has 0 bridgehead atoms. The van der Waals surface area contributed by atoms with Crippen molar-refractivity contribution in [3.05, 3.63) is 12.7 Å². The Hall–Kier alpha value is -1.72. The van der Waals surface area contributed by atoms with Crippen LogP contribution in [0.25, 0.3) is 0 Å². The van der Waals surface area contributed by atoms with Crippen molar-refractivity contribution < 1.29 is 29.3 Å². The van der Waals surface area contributed by atoms with E-state index in [1.165, 1.54) is 6.08 Å². The van der Waals surface area contributed by atoms with Gasteiger partial charge in [0.25, 0.3) is 0 Å². The highest BCUT2D eigenvalue weighted by Gasteiger charge is 2.20. The van der Waals surface area contributed by atoms with E-state index < -0.39 is 12.3 Å². The smallest absolute Gasteiger partial charge is 0.450 e. The van der Waals surface area contributed by atoms with Gasteiger partial charge < -0.3 is 19.7 Å². The van der Waals surface area contributed by atoms with Crippen molar-refractivity contribution in [1.82, 2.24) is 0 Å². The number of hydrogen-bond acceptors (Lipinski definition) is 4. The van der Waals surface area contributed by atoms with Gasteiger partial charge in [-0.3, -0.25) is 0 Å². The number of cyclic esters (lactones) is 2. The molecule has 1 unspecified atom stereocenters. The van der Waals surface area contributed by atoms with Crippen LogP contribution in [0.5, 0.6) is 0 Å². The van der Waals surface area contributed by atoms with E-state index >= 15 is 0 Å². The van der Waals surface area contributed by atoms with E-state index in [4.69, 9.17) is 15.0 Å². The van der Waals surface area contributed by atoms with Crippen molar-refractivity contribution in [3.8, 4) is 0 Å². The summed E-state index contributed by atoms with van der Waals surface area (Å²) in [4.78, 5) is 18.7. The molecule has 0 saturated carbocycles. The molecule has 1 aliphatic heterocycles. The van der Waals surface area contributed by atoms with Crippen LogP contribution in [0.2, 0.25) is 0 Å². The van der Waals surface area contributed by atoms with Crippen molar-refractivity contribution in [2.45, 2.75) is 6.10 Å². The molecule has 6 heteroatoms.